The van der Waals surface area contributed by atoms with Crippen LogP contribution in [0.1, 0.15) is 61.4 Å². The van der Waals surface area contributed by atoms with Crippen molar-refractivity contribution in [1.82, 2.24) is 14.8 Å². The van der Waals surface area contributed by atoms with Gasteiger partial charge in [-0.1, -0.05) is 51.0 Å². The third-order valence-electron chi connectivity index (χ3n) is 7.65. The molecular formula is C27H34N4O2. The summed E-state index contributed by atoms with van der Waals surface area (Å²) in [7, 11) is 0. The summed E-state index contributed by atoms with van der Waals surface area (Å²) in [5, 5.41) is 0. The molecule has 1 spiro atoms. The van der Waals surface area contributed by atoms with Crippen LogP contribution in [0.3, 0.4) is 0 Å². The smallest absolute Gasteiger partial charge is 0.254 e. The maximum absolute atomic E-state index is 14.2. The van der Waals surface area contributed by atoms with Crippen molar-refractivity contribution in [3.05, 3.63) is 59.8 Å². The van der Waals surface area contributed by atoms with E-state index in [4.69, 9.17) is 0 Å². The standard InChI is InChI=1S/C27H34N4O2/c1-20(2)19-31-25(32)22-10-4-3-9-21(22)24(27(31)12-6-7-13-27)26(33)30-17-15-29(16-18-30)23-11-5-8-14-28-23/h3-5,8-11,14,20,24H,6-7,12-13,15-19H2,1-2H3/t24-/m0/s1. The van der Waals surface area contributed by atoms with E-state index in [9.17, 15) is 9.59 Å². The van der Waals surface area contributed by atoms with Gasteiger partial charge in [-0.05, 0) is 42.5 Å². The highest BCUT2D eigenvalue weighted by molar-refractivity contribution is 6.02. The third kappa shape index (κ3) is 3.79. The van der Waals surface area contributed by atoms with E-state index in [-0.39, 0.29) is 17.7 Å². The fourth-order valence-corrected chi connectivity index (χ4v) is 6.15. The summed E-state index contributed by atoms with van der Waals surface area (Å²) in [4.78, 5) is 38.7. The van der Waals surface area contributed by atoms with Crippen molar-refractivity contribution >= 4 is 17.6 Å². The summed E-state index contributed by atoms with van der Waals surface area (Å²) in [6.07, 6.45) is 5.77. The first-order valence-electron chi connectivity index (χ1n) is 12.4. The molecule has 2 amide bonds. The van der Waals surface area contributed by atoms with E-state index in [1.807, 2.05) is 53.6 Å². The number of hydrogen-bond donors (Lipinski definition) is 0. The van der Waals surface area contributed by atoms with Gasteiger partial charge in [0.1, 0.15) is 5.82 Å². The van der Waals surface area contributed by atoms with Crippen molar-refractivity contribution in [2.24, 2.45) is 5.92 Å². The molecule has 2 aromatic rings. The van der Waals surface area contributed by atoms with Gasteiger partial charge in [0.25, 0.3) is 5.91 Å². The molecule has 0 bridgehead atoms. The summed E-state index contributed by atoms with van der Waals surface area (Å²) in [5.74, 6) is 1.33. The van der Waals surface area contributed by atoms with Crippen molar-refractivity contribution in [2.75, 3.05) is 37.6 Å². The number of nitrogens with zero attached hydrogens (tertiary/aromatic N) is 4. The van der Waals surface area contributed by atoms with Gasteiger partial charge < -0.3 is 14.7 Å². The number of anilines is 1. The van der Waals surface area contributed by atoms with E-state index in [2.05, 4.69) is 28.6 Å². The average molecular weight is 447 g/mol. The van der Waals surface area contributed by atoms with E-state index in [1.165, 1.54) is 0 Å². The van der Waals surface area contributed by atoms with Crippen LogP contribution in [0.2, 0.25) is 0 Å². The molecule has 33 heavy (non-hydrogen) atoms. The molecule has 174 valence electrons. The number of fused-ring (bicyclic) bond motifs is 1. The summed E-state index contributed by atoms with van der Waals surface area (Å²) < 4.78 is 0. The number of benzene rings is 1. The minimum Gasteiger partial charge on any atom is -0.353 e. The Balaban J connectivity index is 1.47. The molecule has 1 aromatic heterocycles. The molecule has 5 rings (SSSR count). The predicted octanol–water partition coefficient (Wildman–Crippen LogP) is 3.94. The Morgan fingerprint density at radius 3 is 2.39 bits per heavy atom. The summed E-state index contributed by atoms with van der Waals surface area (Å²) in [6, 6.07) is 13.8. The molecule has 0 radical (unpaired) electrons. The zero-order valence-electron chi connectivity index (χ0n) is 19.7. The molecule has 3 heterocycles. The molecule has 1 saturated carbocycles. The van der Waals surface area contributed by atoms with Gasteiger partial charge in [0, 0.05) is 44.5 Å². The summed E-state index contributed by atoms with van der Waals surface area (Å²) >= 11 is 0. The van der Waals surface area contributed by atoms with E-state index >= 15 is 0 Å². The fourth-order valence-electron chi connectivity index (χ4n) is 6.15. The Hall–Kier alpha value is -2.89. The molecule has 1 aliphatic carbocycles. The number of piperazine rings is 1. The maximum atomic E-state index is 14.2. The molecule has 6 heteroatoms. The van der Waals surface area contributed by atoms with Gasteiger partial charge in [-0.15, -0.1) is 0 Å². The molecule has 0 unspecified atom stereocenters. The fraction of sp³-hybridized carbons (Fsp3) is 0.519. The van der Waals surface area contributed by atoms with E-state index < -0.39 is 5.54 Å². The molecular weight excluding hydrogens is 412 g/mol. The van der Waals surface area contributed by atoms with Crippen molar-refractivity contribution in [2.45, 2.75) is 51.0 Å². The predicted molar refractivity (Wildman–Crippen MR) is 129 cm³/mol. The van der Waals surface area contributed by atoms with Crippen molar-refractivity contribution in [3.63, 3.8) is 0 Å². The van der Waals surface area contributed by atoms with Gasteiger partial charge in [-0.25, -0.2) is 4.98 Å². The van der Waals surface area contributed by atoms with Crippen LogP contribution in [-0.4, -0.2) is 64.9 Å². The Kier molecular flexibility index (Phi) is 5.85. The lowest BCUT2D eigenvalue weighted by Gasteiger charge is -2.52. The van der Waals surface area contributed by atoms with E-state index in [0.29, 0.717) is 31.1 Å². The number of pyridine rings is 1. The van der Waals surface area contributed by atoms with Crippen molar-refractivity contribution in [1.29, 1.82) is 0 Å². The van der Waals surface area contributed by atoms with Crippen LogP contribution in [0.15, 0.2) is 48.7 Å². The van der Waals surface area contributed by atoms with Crippen molar-refractivity contribution in [3.8, 4) is 0 Å². The molecule has 6 nitrogen and oxygen atoms in total. The molecule has 2 aliphatic heterocycles. The van der Waals surface area contributed by atoms with Crippen LogP contribution in [0, 0.1) is 5.92 Å². The zero-order valence-corrected chi connectivity index (χ0v) is 19.7. The van der Waals surface area contributed by atoms with E-state index in [0.717, 1.165) is 50.2 Å². The maximum Gasteiger partial charge on any atom is 0.254 e. The highest BCUT2D eigenvalue weighted by Gasteiger charge is 2.56. The number of rotatable bonds is 4. The van der Waals surface area contributed by atoms with E-state index in [1.54, 1.807) is 0 Å². The quantitative estimate of drug-likeness (QED) is 0.714. The summed E-state index contributed by atoms with van der Waals surface area (Å²) in [5.41, 5.74) is 1.24. The lowest BCUT2D eigenvalue weighted by atomic mass is 9.70. The Morgan fingerprint density at radius 2 is 1.73 bits per heavy atom. The first kappa shape index (κ1) is 21.9. The van der Waals surface area contributed by atoms with Crippen LogP contribution < -0.4 is 4.90 Å². The second kappa shape index (κ2) is 8.81. The van der Waals surface area contributed by atoms with Crippen LogP contribution >= 0.6 is 0 Å². The second-order valence-corrected chi connectivity index (χ2v) is 10.1. The first-order valence-corrected chi connectivity index (χ1v) is 12.4. The number of carbonyl (C=O) groups is 2. The van der Waals surface area contributed by atoms with Crippen LogP contribution in [0.5, 0.6) is 0 Å². The molecule has 1 saturated heterocycles. The first-order chi connectivity index (χ1) is 16.0. The van der Waals surface area contributed by atoms with Crippen molar-refractivity contribution < 1.29 is 9.59 Å². The summed E-state index contributed by atoms with van der Waals surface area (Å²) in [6.45, 7) is 7.93. The molecule has 1 atom stereocenters. The Morgan fingerprint density at radius 1 is 1.03 bits per heavy atom. The molecule has 3 aliphatic rings. The third-order valence-corrected chi connectivity index (χ3v) is 7.65. The lowest BCUT2D eigenvalue weighted by molar-refractivity contribution is -0.137. The van der Waals surface area contributed by atoms with Gasteiger partial charge in [-0.3, -0.25) is 9.59 Å². The normalized spacial score (nSPS) is 22.2. The minimum atomic E-state index is -0.398. The van der Waals surface area contributed by atoms with Crippen LogP contribution in [0.25, 0.3) is 0 Å². The highest BCUT2D eigenvalue weighted by Crippen LogP contribution is 2.51. The number of amides is 2. The Bertz CT molecular complexity index is 1010. The number of hydrogen-bond acceptors (Lipinski definition) is 4. The van der Waals surface area contributed by atoms with Gasteiger partial charge in [-0.2, -0.15) is 0 Å². The Labute approximate surface area is 196 Å². The second-order valence-electron chi connectivity index (χ2n) is 10.1. The zero-order chi connectivity index (χ0) is 23.0. The molecule has 2 fully saturated rings. The largest absolute Gasteiger partial charge is 0.353 e. The van der Waals surface area contributed by atoms with Gasteiger partial charge in [0.2, 0.25) is 5.91 Å². The van der Waals surface area contributed by atoms with Gasteiger partial charge in [0.15, 0.2) is 0 Å². The number of aromatic nitrogens is 1. The van der Waals surface area contributed by atoms with Gasteiger partial charge >= 0.3 is 0 Å². The minimum absolute atomic E-state index is 0.102. The highest BCUT2D eigenvalue weighted by atomic mass is 16.2. The average Bonchev–Trinajstić information content (AvgIpc) is 3.32. The molecule has 1 aromatic carbocycles. The monoisotopic (exact) mass is 446 g/mol. The van der Waals surface area contributed by atoms with Crippen LogP contribution in [-0.2, 0) is 4.79 Å². The topological polar surface area (TPSA) is 56.8 Å². The number of carbonyl (C=O) groups excluding carboxylic acids is 2. The lowest BCUT2D eigenvalue weighted by Crippen LogP contribution is -2.62. The van der Waals surface area contributed by atoms with Gasteiger partial charge in [0.05, 0.1) is 11.5 Å². The van der Waals surface area contributed by atoms with Crippen LogP contribution in [0.4, 0.5) is 5.82 Å². The SMILES string of the molecule is CC(C)CN1C(=O)c2ccccc2[C@@H](C(=O)N2CCN(c3ccccn3)CC2)C12CCCC2. The molecule has 0 N–H and O–H groups in total.